The zero-order valence-corrected chi connectivity index (χ0v) is 12.7. The Morgan fingerprint density at radius 1 is 1.26 bits per heavy atom. The molecule has 2 nitrogen and oxygen atoms in total. The molecule has 1 aromatic rings. The van der Waals surface area contributed by atoms with Crippen molar-refractivity contribution in [1.29, 1.82) is 0 Å². The molecule has 1 atom stereocenters. The molecule has 0 saturated heterocycles. The van der Waals surface area contributed by atoms with Crippen molar-refractivity contribution in [3.63, 3.8) is 0 Å². The van der Waals surface area contributed by atoms with Gasteiger partial charge in [0.25, 0.3) is 0 Å². The van der Waals surface area contributed by atoms with E-state index in [1.165, 1.54) is 11.1 Å². The summed E-state index contributed by atoms with van der Waals surface area (Å²) < 4.78 is 5.56. The highest BCUT2D eigenvalue weighted by molar-refractivity contribution is 5.75. The van der Waals surface area contributed by atoms with Gasteiger partial charge in [0, 0.05) is 6.42 Å². The second kappa shape index (κ2) is 7.98. The lowest BCUT2D eigenvalue weighted by molar-refractivity contribution is -0.117. The second-order valence-electron chi connectivity index (χ2n) is 4.99. The van der Waals surface area contributed by atoms with Gasteiger partial charge < -0.3 is 9.53 Å². The molecule has 0 saturated carbocycles. The van der Waals surface area contributed by atoms with Gasteiger partial charge in [-0.2, -0.15) is 0 Å². The van der Waals surface area contributed by atoms with Gasteiger partial charge in [-0.15, -0.1) is 0 Å². The third-order valence-corrected chi connectivity index (χ3v) is 3.58. The number of carbonyl (C=O) groups excluding carboxylic acids is 1. The molecule has 1 rings (SSSR count). The van der Waals surface area contributed by atoms with Crippen molar-refractivity contribution in [2.75, 3.05) is 6.61 Å². The summed E-state index contributed by atoms with van der Waals surface area (Å²) in [4.78, 5) is 11.2. The Balaban J connectivity index is 2.92. The molecule has 1 aromatic carbocycles. The molecule has 0 aliphatic rings. The zero-order valence-electron chi connectivity index (χ0n) is 12.7. The van der Waals surface area contributed by atoms with Crippen molar-refractivity contribution in [3.05, 3.63) is 29.3 Å². The first-order valence-corrected chi connectivity index (χ1v) is 7.37. The summed E-state index contributed by atoms with van der Waals surface area (Å²) in [6, 6.07) is 6.38. The van der Waals surface area contributed by atoms with Gasteiger partial charge in [0.15, 0.2) is 0 Å². The van der Waals surface area contributed by atoms with Crippen LogP contribution in [0.15, 0.2) is 18.2 Å². The maximum absolute atomic E-state index is 11.2. The van der Waals surface area contributed by atoms with Crippen LogP contribution in [-0.4, -0.2) is 12.4 Å². The molecule has 0 fully saturated rings. The topological polar surface area (TPSA) is 26.3 Å². The monoisotopic (exact) mass is 262 g/mol. The minimum absolute atomic E-state index is 0.280. The SMILES string of the molecule is CCOc1ccc(C(CC)CCC(C)=O)c(CC)c1. The van der Waals surface area contributed by atoms with Crippen molar-refractivity contribution in [1.82, 2.24) is 0 Å². The van der Waals surface area contributed by atoms with Crippen molar-refractivity contribution in [3.8, 4) is 5.75 Å². The molecule has 0 aliphatic carbocycles. The van der Waals surface area contributed by atoms with Crippen LogP contribution in [-0.2, 0) is 11.2 Å². The van der Waals surface area contributed by atoms with Crippen molar-refractivity contribution in [2.24, 2.45) is 0 Å². The molecule has 0 spiro atoms. The number of ketones is 1. The van der Waals surface area contributed by atoms with Crippen molar-refractivity contribution >= 4 is 5.78 Å². The van der Waals surface area contributed by atoms with Gasteiger partial charge in [-0.05, 0) is 62.3 Å². The van der Waals surface area contributed by atoms with Crippen LogP contribution in [0.5, 0.6) is 5.75 Å². The van der Waals surface area contributed by atoms with E-state index in [-0.39, 0.29) is 5.78 Å². The predicted octanol–water partition coefficient (Wildman–Crippen LogP) is 4.51. The predicted molar refractivity (Wildman–Crippen MR) is 79.9 cm³/mol. The number of hydrogen-bond acceptors (Lipinski definition) is 2. The second-order valence-corrected chi connectivity index (χ2v) is 4.99. The van der Waals surface area contributed by atoms with Crippen LogP contribution < -0.4 is 4.74 Å². The highest BCUT2D eigenvalue weighted by atomic mass is 16.5. The number of ether oxygens (including phenoxy) is 1. The average Bonchev–Trinajstić information content (AvgIpc) is 2.40. The molecular weight excluding hydrogens is 236 g/mol. The number of carbonyl (C=O) groups is 1. The van der Waals surface area contributed by atoms with Gasteiger partial charge in [0.1, 0.15) is 11.5 Å². The maximum atomic E-state index is 11.2. The molecule has 0 aliphatic heterocycles. The van der Waals surface area contributed by atoms with E-state index in [2.05, 4.69) is 32.0 Å². The Morgan fingerprint density at radius 2 is 2.00 bits per heavy atom. The molecular formula is C17H26O2. The minimum atomic E-state index is 0.280. The van der Waals surface area contributed by atoms with Crippen LogP contribution in [0.1, 0.15) is 64.0 Å². The number of benzene rings is 1. The lowest BCUT2D eigenvalue weighted by Crippen LogP contribution is -2.05. The zero-order chi connectivity index (χ0) is 14.3. The van der Waals surface area contributed by atoms with E-state index in [0.29, 0.717) is 18.9 Å². The van der Waals surface area contributed by atoms with Crippen LogP contribution >= 0.6 is 0 Å². The summed E-state index contributed by atoms with van der Waals surface area (Å²) >= 11 is 0. The molecule has 0 aromatic heterocycles. The van der Waals surface area contributed by atoms with E-state index < -0.39 is 0 Å². The molecule has 0 heterocycles. The highest BCUT2D eigenvalue weighted by Crippen LogP contribution is 2.30. The standard InChI is InChI=1S/C17H26O2/c1-5-14(9-8-13(4)18)17-11-10-16(19-7-3)12-15(17)6-2/h10-12,14H,5-9H2,1-4H3. The van der Waals surface area contributed by atoms with Gasteiger partial charge in [-0.25, -0.2) is 0 Å². The molecule has 1 unspecified atom stereocenters. The van der Waals surface area contributed by atoms with E-state index in [1.54, 1.807) is 6.92 Å². The van der Waals surface area contributed by atoms with Crippen LogP contribution in [0.2, 0.25) is 0 Å². The van der Waals surface area contributed by atoms with Gasteiger partial charge >= 0.3 is 0 Å². The molecule has 106 valence electrons. The van der Waals surface area contributed by atoms with Gasteiger partial charge in [0.2, 0.25) is 0 Å². The van der Waals surface area contributed by atoms with E-state index >= 15 is 0 Å². The normalized spacial score (nSPS) is 12.2. The Hall–Kier alpha value is -1.31. The third-order valence-electron chi connectivity index (χ3n) is 3.58. The summed E-state index contributed by atoms with van der Waals surface area (Å²) in [6.45, 7) is 8.74. The summed E-state index contributed by atoms with van der Waals surface area (Å²) in [7, 11) is 0. The summed E-state index contributed by atoms with van der Waals surface area (Å²) in [5.41, 5.74) is 2.73. The molecule has 0 radical (unpaired) electrons. The number of aryl methyl sites for hydroxylation is 1. The van der Waals surface area contributed by atoms with Gasteiger partial charge in [-0.1, -0.05) is 19.9 Å². The quantitative estimate of drug-likeness (QED) is 0.689. The first-order chi connectivity index (χ1) is 9.12. The molecule has 0 amide bonds. The number of Topliss-reactive ketones (excluding diaryl/α,β-unsaturated/α-hetero) is 1. The lowest BCUT2D eigenvalue weighted by Gasteiger charge is -2.19. The fourth-order valence-electron chi connectivity index (χ4n) is 2.50. The van der Waals surface area contributed by atoms with Crippen molar-refractivity contribution < 1.29 is 9.53 Å². The first kappa shape index (κ1) is 15.7. The molecule has 2 heteroatoms. The summed E-state index contributed by atoms with van der Waals surface area (Å²) in [5.74, 6) is 1.71. The van der Waals surface area contributed by atoms with E-state index in [1.807, 2.05) is 6.92 Å². The summed E-state index contributed by atoms with van der Waals surface area (Å²) in [5, 5.41) is 0. The molecule has 19 heavy (non-hydrogen) atoms. The Kier molecular flexibility index (Phi) is 6.61. The Morgan fingerprint density at radius 3 is 2.53 bits per heavy atom. The first-order valence-electron chi connectivity index (χ1n) is 7.37. The van der Waals surface area contributed by atoms with Gasteiger partial charge in [0.05, 0.1) is 6.61 Å². The fourth-order valence-corrected chi connectivity index (χ4v) is 2.50. The minimum Gasteiger partial charge on any atom is -0.494 e. The van der Waals surface area contributed by atoms with Gasteiger partial charge in [-0.3, -0.25) is 0 Å². The van der Waals surface area contributed by atoms with Crippen LogP contribution in [0, 0.1) is 0 Å². The lowest BCUT2D eigenvalue weighted by atomic mass is 9.87. The Labute approximate surface area is 117 Å². The van der Waals surface area contributed by atoms with E-state index in [9.17, 15) is 4.79 Å². The van der Waals surface area contributed by atoms with Crippen molar-refractivity contribution in [2.45, 2.75) is 59.3 Å². The third kappa shape index (κ3) is 4.70. The van der Waals surface area contributed by atoms with Crippen LogP contribution in [0.4, 0.5) is 0 Å². The van der Waals surface area contributed by atoms with Crippen LogP contribution in [0.25, 0.3) is 0 Å². The smallest absolute Gasteiger partial charge is 0.129 e. The number of rotatable bonds is 8. The Bertz CT molecular complexity index is 410. The number of hydrogen-bond donors (Lipinski definition) is 0. The molecule has 0 bridgehead atoms. The largest absolute Gasteiger partial charge is 0.494 e. The summed E-state index contributed by atoms with van der Waals surface area (Å²) in [6.07, 6.45) is 3.71. The maximum Gasteiger partial charge on any atom is 0.129 e. The van der Waals surface area contributed by atoms with E-state index in [0.717, 1.165) is 25.0 Å². The average molecular weight is 262 g/mol. The van der Waals surface area contributed by atoms with Crippen LogP contribution in [0.3, 0.4) is 0 Å². The molecule has 0 N–H and O–H groups in total. The highest BCUT2D eigenvalue weighted by Gasteiger charge is 2.14. The van der Waals surface area contributed by atoms with E-state index in [4.69, 9.17) is 4.74 Å². The fraction of sp³-hybridized carbons (Fsp3) is 0.588.